The molecule has 0 aliphatic carbocycles. The summed E-state index contributed by atoms with van der Waals surface area (Å²) < 4.78 is 8.29. The molecule has 0 aliphatic rings. The van der Waals surface area contributed by atoms with Gasteiger partial charge in [0.05, 0.1) is 22.4 Å². The standard InChI is InChI=1S/C9H3Cl3N6S/c10-3-1-2-4-6(18-19-17-4)5(3)13-9-15-7(11)14-8(12)16-9/h1-2H,(H,13,14,15,16). The van der Waals surface area contributed by atoms with Gasteiger partial charge in [-0.25, -0.2) is 0 Å². The number of benzene rings is 1. The molecule has 0 saturated carbocycles. The largest absolute Gasteiger partial charge is 0.321 e. The normalized spacial score (nSPS) is 10.9. The van der Waals surface area contributed by atoms with Crippen LogP contribution in [-0.2, 0) is 0 Å². The van der Waals surface area contributed by atoms with E-state index >= 15 is 0 Å². The molecule has 6 nitrogen and oxygen atoms in total. The number of fused-ring (bicyclic) bond motifs is 1. The molecule has 0 unspecified atom stereocenters. The van der Waals surface area contributed by atoms with Gasteiger partial charge in [0.25, 0.3) is 0 Å². The number of aromatic nitrogens is 5. The van der Waals surface area contributed by atoms with E-state index in [1.54, 1.807) is 12.1 Å². The molecule has 0 fully saturated rings. The van der Waals surface area contributed by atoms with Gasteiger partial charge in [0.2, 0.25) is 16.5 Å². The summed E-state index contributed by atoms with van der Waals surface area (Å²) in [6, 6.07) is 3.48. The van der Waals surface area contributed by atoms with Crippen LogP contribution in [0.1, 0.15) is 0 Å². The Bertz CT molecular complexity index is 741. The van der Waals surface area contributed by atoms with Crippen LogP contribution in [0.5, 0.6) is 0 Å². The maximum Gasteiger partial charge on any atom is 0.232 e. The van der Waals surface area contributed by atoms with E-state index in [2.05, 4.69) is 29.0 Å². The van der Waals surface area contributed by atoms with Gasteiger partial charge in [0, 0.05) is 0 Å². The Morgan fingerprint density at radius 1 is 0.947 bits per heavy atom. The molecular weight excluding hydrogens is 331 g/mol. The van der Waals surface area contributed by atoms with Gasteiger partial charge in [-0.3, -0.25) is 0 Å². The topological polar surface area (TPSA) is 76.5 Å². The van der Waals surface area contributed by atoms with E-state index in [1.165, 1.54) is 0 Å². The highest BCUT2D eigenvalue weighted by atomic mass is 35.5. The Kier molecular flexibility index (Phi) is 3.36. The first-order valence-corrected chi connectivity index (χ1v) is 6.75. The summed E-state index contributed by atoms with van der Waals surface area (Å²) in [5.74, 6) is 0.187. The molecule has 0 saturated heterocycles. The summed E-state index contributed by atoms with van der Waals surface area (Å²) >= 11 is 18.6. The molecule has 2 heterocycles. The van der Waals surface area contributed by atoms with Crippen molar-refractivity contribution in [1.82, 2.24) is 23.7 Å². The number of anilines is 2. The van der Waals surface area contributed by atoms with Crippen molar-refractivity contribution in [2.24, 2.45) is 0 Å². The van der Waals surface area contributed by atoms with Crippen molar-refractivity contribution in [2.45, 2.75) is 0 Å². The van der Waals surface area contributed by atoms with Crippen molar-refractivity contribution in [3.63, 3.8) is 0 Å². The first-order valence-electron chi connectivity index (χ1n) is 4.88. The monoisotopic (exact) mass is 332 g/mol. The first-order chi connectivity index (χ1) is 9.13. The van der Waals surface area contributed by atoms with Crippen molar-refractivity contribution < 1.29 is 0 Å². The summed E-state index contributed by atoms with van der Waals surface area (Å²) in [4.78, 5) is 11.5. The quantitative estimate of drug-likeness (QED) is 0.772. The molecule has 0 spiro atoms. The van der Waals surface area contributed by atoms with Crippen LogP contribution in [0.3, 0.4) is 0 Å². The van der Waals surface area contributed by atoms with Crippen LogP contribution in [0.2, 0.25) is 15.6 Å². The fourth-order valence-corrected chi connectivity index (χ4v) is 2.55. The number of halogens is 3. The molecule has 1 N–H and O–H groups in total. The van der Waals surface area contributed by atoms with E-state index in [1.807, 2.05) is 0 Å². The zero-order chi connectivity index (χ0) is 13.4. The number of nitrogens with one attached hydrogen (secondary N) is 1. The first kappa shape index (κ1) is 12.7. The van der Waals surface area contributed by atoms with E-state index < -0.39 is 0 Å². The predicted molar refractivity (Wildman–Crippen MR) is 75.6 cm³/mol. The smallest absolute Gasteiger partial charge is 0.232 e. The second-order valence-electron chi connectivity index (χ2n) is 3.38. The van der Waals surface area contributed by atoms with E-state index in [0.717, 1.165) is 17.2 Å². The van der Waals surface area contributed by atoms with Crippen molar-refractivity contribution in [3.8, 4) is 0 Å². The average molecular weight is 334 g/mol. The van der Waals surface area contributed by atoms with Gasteiger partial charge in [-0.15, -0.1) is 0 Å². The molecule has 1 aromatic carbocycles. The molecule has 3 aromatic rings. The van der Waals surface area contributed by atoms with Crippen molar-refractivity contribution in [2.75, 3.05) is 5.32 Å². The van der Waals surface area contributed by atoms with Crippen molar-refractivity contribution >= 4 is 69.2 Å². The second kappa shape index (κ2) is 5.01. The van der Waals surface area contributed by atoms with Gasteiger partial charge < -0.3 is 5.32 Å². The molecule has 2 aromatic heterocycles. The maximum absolute atomic E-state index is 6.13. The zero-order valence-corrected chi connectivity index (χ0v) is 12.0. The summed E-state index contributed by atoms with van der Waals surface area (Å²) in [6.07, 6.45) is 0. The van der Waals surface area contributed by atoms with Crippen molar-refractivity contribution in [1.29, 1.82) is 0 Å². The Labute approximate surface area is 126 Å². The molecule has 19 heavy (non-hydrogen) atoms. The van der Waals surface area contributed by atoms with Crippen LogP contribution in [0.4, 0.5) is 11.6 Å². The molecular formula is C9H3Cl3N6S. The number of nitrogens with zero attached hydrogens (tertiary/aromatic N) is 5. The maximum atomic E-state index is 6.13. The van der Waals surface area contributed by atoms with Crippen LogP contribution in [0.25, 0.3) is 11.0 Å². The average Bonchev–Trinajstić information content (AvgIpc) is 2.80. The number of rotatable bonds is 2. The van der Waals surface area contributed by atoms with E-state index in [0.29, 0.717) is 16.2 Å². The lowest BCUT2D eigenvalue weighted by Gasteiger charge is -2.07. The zero-order valence-electron chi connectivity index (χ0n) is 8.93. The van der Waals surface area contributed by atoms with Crippen LogP contribution in [-0.4, -0.2) is 23.7 Å². The van der Waals surface area contributed by atoms with Crippen LogP contribution < -0.4 is 5.32 Å². The molecule has 0 radical (unpaired) electrons. The van der Waals surface area contributed by atoms with Gasteiger partial charge in [-0.1, -0.05) is 11.6 Å². The van der Waals surface area contributed by atoms with Gasteiger partial charge in [0.1, 0.15) is 11.0 Å². The van der Waals surface area contributed by atoms with Crippen LogP contribution in [0.15, 0.2) is 12.1 Å². The van der Waals surface area contributed by atoms with Gasteiger partial charge >= 0.3 is 0 Å². The van der Waals surface area contributed by atoms with Gasteiger partial charge in [-0.05, 0) is 35.3 Å². The van der Waals surface area contributed by atoms with E-state index in [4.69, 9.17) is 34.8 Å². The summed E-state index contributed by atoms with van der Waals surface area (Å²) in [6.45, 7) is 0. The van der Waals surface area contributed by atoms with Gasteiger partial charge in [-0.2, -0.15) is 23.7 Å². The third kappa shape index (κ3) is 2.55. The molecule has 0 bridgehead atoms. The summed E-state index contributed by atoms with van der Waals surface area (Å²) in [5.41, 5.74) is 1.90. The Hall–Kier alpha value is -1.28. The molecule has 10 heteroatoms. The van der Waals surface area contributed by atoms with Crippen molar-refractivity contribution in [3.05, 3.63) is 27.7 Å². The van der Waals surface area contributed by atoms with E-state index in [9.17, 15) is 0 Å². The minimum Gasteiger partial charge on any atom is -0.321 e. The van der Waals surface area contributed by atoms with Crippen LogP contribution >= 0.6 is 46.5 Å². The third-order valence-corrected chi connectivity index (χ3v) is 3.39. The molecule has 0 aliphatic heterocycles. The molecule has 0 amide bonds. The highest BCUT2D eigenvalue weighted by Gasteiger charge is 2.12. The Morgan fingerprint density at radius 3 is 2.42 bits per heavy atom. The van der Waals surface area contributed by atoms with Crippen LogP contribution in [0, 0.1) is 0 Å². The molecule has 0 atom stereocenters. The highest BCUT2D eigenvalue weighted by molar-refractivity contribution is 7.00. The lowest BCUT2D eigenvalue weighted by atomic mass is 10.2. The lowest BCUT2D eigenvalue weighted by Crippen LogP contribution is -2.00. The number of hydrogen-bond donors (Lipinski definition) is 1. The minimum atomic E-state index is -0.0119. The fourth-order valence-electron chi connectivity index (χ4n) is 1.44. The lowest BCUT2D eigenvalue weighted by molar-refractivity contribution is 1.05. The third-order valence-electron chi connectivity index (χ3n) is 2.19. The SMILES string of the molecule is Clc1nc(Cl)nc(Nc2c(Cl)ccc3nsnc23)n1. The Morgan fingerprint density at radius 2 is 1.68 bits per heavy atom. The van der Waals surface area contributed by atoms with Gasteiger partial charge in [0.15, 0.2) is 0 Å². The fraction of sp³-hybridized carbons (Fsp3) is 0. The number of hydrogen-bond acceptors (Lipinski definition) is 7. The highest BCUT2D eigenvalue weighted by Crippen LogP contribution is 2.31. The molecule has 3 rings (SSSR count). The predicted octanol–water partition coefficient (Wildman–Crippen LogP) is 3.58. The second-order valence-corrected chi connectivity index (χ2v) is 4.99. The van der Waals surface area contributed by atoms with E-state index in [-0.39, 0.29) is 16.5 Å². The molecule has 96 valence electrons. The summed E-state index contributed by atoms with van der Waals surface area (Å²) in [5, 5.41) is 3.37. The minimum absolute atomic E-state index is 0.0119. The summed E-state index contributed by atoms with van der Waals surface area (Å²) in [7, 11) is 0. The Balaban J connectivity index is 2.09.